The molecule has 4 rings (SSSR count). The van der Waals surface area contributed by atoms with Crippen LogP contribution in [0, 0.1) is 0 Å². The van der Waals surface area contributed by atoms with Gasteiger partial charge in [0.15, 0.2) is 0 Å². The molecule has 0 aliphatic carbocycles. The van der Waals surface area contributed by atoms with Gasteiger partial charge in [-0.15, -0.1) is 11.3 Å². The number of carbonyl (C=O) groups is 2. The fourth-order valence-electron chi connectivity index (χ4n) is 3.59. The molecule has 180 valence electrons. The Kier molecular flexibility index (Phi) is 8.51. The lowest BCUT2D eigenvalue weighted by Gasteiger charge is -2.16. The third-order valence-electron chi connectivity index (χ3n) is 5.32. The summed E-state index contributed by atoms with van der Waals surface area (Å²) < 4.78 is 0. The lowest BCUT2D eigenvalue weighted by Crippen LogP contribution is -2.41. The van der Waals surface area contributed by atoms with E-state index in [0.717, 1.165) is 33.0 Å². The number of imidazole rings is 1. The third kappa shape index (κ3) is 6.47. The number of nitrogens with zero attached hydrogens (tertiary/aromatic N) is 2. The first-order chi connectivity index (χ1) is 17.0. The minimum absolute atomic E-state index is 0.363. The maximum absolute atomic E-state index is 13.2. The van der Waals surface area contributed by atoms with Crippen molar-refractivity contribution in [2.75, 3.05) is 12.0 Å². The number of aromatic amines is 1. The van der Waals surface area contributed by atoms with Crippen LogP contribution >= 0.6 is 34.4 Å². The fraction of sp³-hybridized carbons (Fsp3) is 0.200. The van der Waals surface area contributed by atoms with E-state index >= 15 is 0 Å². The highest BCUT2D eigenvalue weighted by Gasteiger charge is 2.22. The molecule has 0 spiro atoms. The third-order valence-corrected chi connectivity index (χ3v) is 7.49. The van der Waals surface area contributed by atoms with Gasteiger partial charge >= 0.3 is 5.97 Å². The van der Waals surface area contributed by atoms with Gasteiger partial charge in [0.05, 0.1) is 6.33 Å². The maximum Gasteiger partial charge on any atom is 0.326 e. The molecule has 0 aliphatic rings. The number of aliphatic carboxylic acids is 1. The smallest absolute Gasteiger partial charge is 0.326 e. The van der Waals surface area contributed by atoms with Crippen LogP contribution in [0.3, 0.4) is 0 Å². The number of aromatic nitrogens is 3. The van der Waals surface area contributed by atoms with Crippen LogP contribution in [0.5, 0.6) is 0 Å². The van der Waals surface area contributed by atoms with Crippen molar-refractivity contribution >= 4 is 58.0 Å². The van der Waals surface area contributed by atoms with E-state index in [1.165, 1.54) is 0 Å². The van der Waals surface area contributed by atoms with Crippen molar-refractivity contribution in [2.24, 2.45) is 0 Å². The van der Waals surface area contributed by atoms with E-state index < -0.39 is 17.9 Å². The zero-order chi connectivity index (χ0) is 24.6. The average molecular weight is 525 g/mol. The van der Waals surface area contributed by atoms with Crippen LogP contribution in [0.2, 0.25) is 0 Å². The molecule has 1 aromatic carbocycles. The van der Waals surface area contributed by atoms with Gasteiger partial charge in [-0.05, 0) is 75.7 Å². The second-order valence-electron chi connectivity index (χ2n) is 7.72. The zero-order valence-electron chi connectivity index (χ0n) is 18.9. The molecular formula is C25H24N4O3S3. The molecule has 0 fully saturated rings. The fourth-order valence-corrected chi connectivity index (χ4v) is 5.38. The van der Waals surface area contributed by atoms with Crippen LogP contribution in [0.4, 0.5) is 0 Å². The molecule has 1 amide bonds. The van der Waals surface area contributed by atoms with Gasteiger partial charge in [0, 0.05) is 35.5 Å². The minimum Gasteiger partial charge on any atom is -0.480 e. The molecular weight excluding hydrogens is 501 g/mol. The first kappa shape index (κ1) is 24.9. The summed E-state index contributed by atoms with van der Waals surface area (Å²) in [4.78, 5) is 36.6. The van der Waals surface area contributed by atoms with Gasteiger partial charge in [-0.1, -0.05) is 6.07 Å². The average Bonchev–Trinajstić information content (AvgIpc) is 3.64. The highest BCUT2D eigenvalue weighted by molar-refractivity contribution is 7.98. The lowest BCUT2D eigenvalue weighted by atomic mass is 9.96. The van der Waals surface area contributed by atoms with Crippen LogP contribution in [0.1, 0.15) is 33.0 Å². The summed E-state index contributed by atoms with van der Waals surface area (Å²) in [5.41, 5.74) is 5.04. The second kappa shape index (κ2) is 12.0. The zero-order valence-corrected chi connectivity index (χ0v) is 21.4. The molecule has 0 radical (unpaired) electrons. The van der Waals surface area contributed by atoms with Gasteiger partial charge < -0.3 is 15.4 Å². The molecule has 10 heteroatoms. The number of allylic oxidation sites excluding steroid dienone is 1. The number of carboxylic acids is 1. The van der Waals surface area contributed by atoms with Crippen molar-refractivity contribution < 1.29 is 14.7 Å². The first-order valence-electron chi connectivity index (χ1n) is 10.8. The Bertz CT molecular complexity index is 1280. The number of thioether (sulfide) groups is 1. The van der Waals surface area contributed by atoms with E-state index in [0.29, 0.717) is 24.2 Å². The molecule has 3 heterocycles. The summed E-state index contributed by atoms with van der Waals surface area (Å²) in [7, 11) is 0. The summed E-state index contributed by atoms with van der Waals surface area (Å²) in [6.07, 6.45) is 10.2. The summed E-state index contributed by atoms with van der Waals surface area (Å²) in [5, 5.41) is 19.0. The molecule has 35 heavy (non-hydrogen) atoms. The van der Waals surface area contributed by atoms with Crippen molar-refractivity contribution in [3.8, 4) is 11.1 Å². The molecule has 3 N–H and O–H groups in total. The molecule has 7 nitrogen and oxygen atoms in total. The molecule has 3 aromatic heterocycles. The highest BCUT2D eigenvalue weighted by atomic mass is 32.2. The Morgan fingerprint density at radius 3 is 2.83 bits per heavy atom. The maximum atomic E-state index is 13.2. The molecule has 0 unspecified atom stereocenters. The summed E-state index contributed by atoms with van der Waals surface area (Å²) in [6.45, 7) is 0. The monoisotopic (exact) mass is 524 g/mol. The number of nitrogens with one attached hydrogen (secondary N) is 2. The van der Waals surface area contributed by atoms with E-state index in [4.69, 9.17) is 0 Å². The Morgan fingerprint density at radius 2 is 2.17 bits per heavy atom. The van der Waals surface area contributed by atoms with Crippen molar-refractivity contribution in [3.05, 3.63) is 81.0 Å². The molecule has 1 atom stereocenters. The number of carboxylic acid groups (broad SMARTS) is 1. The number of H-pyrrole nitrogens is 1. The molecule has 0 saturated heterocycles. The Balaban J connectivity index is 1.69. The predicted octanol–water partition coefficient (Wildman–Crippen LogP) is 5.31. The van der Waals surface area contributed by atoms with Crippen molar-refractivity contribution in [3.63, 3.8) is 0 Å². The molecule has 0 saturated carbocycles. The second-order valence-corrected chi connectivity index (χ2v) is 10.4. The lowest BCUT2D eigenvalue weighted by molar-refractivity contribution is -0.139. The molecule has 0 bridgehead atoms. The molecule has 4 aromatic rings. The number of thiazole rings is 1. The quantitative estimate of drug-likeness (QED) is 0.245. The van der Waals surface area contributed by atoms with Crippen molar-refractivity contribution in [1.82, 2.24) is 20.3 Å². The van der Waals surface area contributed by atoms with Gasteiger partial charge in [-0.25, -0.2) is 14.8 Å². The predicted molar refractivity (Wildman–Crippen MR) is 144 cm³/mol. The Labute approximate surface area is 215 Å². The van der Waals surface area contributed by atoms with Gasteiger partial charge in [-0.2, -0.15) is 23.1 Å². The van der Waals surface area contributed by atoms with E-state index in [9.17, 15) is 14.7 Å². The van der Waals surface area contributed by atoms with Gasteiger partial charge in [0.2, 0.25) is 0 Å². The number of amides is 1. The summed E-state index contributed by atoms with van der Waals surface area (Å²) in [6, 6.07) is 6.63. The van der Waals surface area contributed by atoms with Crippen LogP contribution in [-0.2, 0) is 11.2 Å². The topological polar surface area (TPSA) is 108 Å². The SMILES string of the molecule is CSCC[C@H](NC(=O)c1ccc(C=C(Cc2cnc[nH]2)c2nccs2)cc1-c1ccsc1)C(=O)O. The van der Waals surface area contributed by atoms with E-state index in [-0.39, 0.29) is 0 Å². The largest absolute Gasteiger partial charge is 0.480 e. The molecule has 0 aliphatic heterocycles. The Hall–Kier alpha value is -3.21. The van der Waals surface area contributed by atoms with Crippen LogP contribution < -0.4 is 5.32 Å². The normalized spacial score (nSPS) is 12.4. The number of hydrogen-bond donors (Lipinski definition) is 3. The standard InChI is InChI=1S/C25H24N4O3S3/c1-33-7-5-22(25(31)32)29-23(30)20-3-2-16(11-21(20)17-4-8-34-14-17)10-18(24-27-6-9-35-24)12-19-13-26-15-28-19/h2-4,6,8-11,13-15,22H,5,7,12H2,1H3,(H,26,28)(H,29,30)(H,31,32)/t22-/m0/s1. The highest BCUT2D eigenvalue weighted by Crippen LogP contribution is 2.30. The van der Waals surface area contributed by atoms with E-state index in [1.807, 2.05) is 40.6 Å². The van der Waals surface area contributed by atoms with Crippen LogP contribution in [0.25, 0.3) is 22.8 Å². The Morgan fingerprint density at radius 1 is 1.29 bits per heavy atom. The van der Waals surface area contributed by atoms with E-state index in [2.05, 4.69) is 26.3 Å². The van der Waals surface area contributed by atoms with Crippen LogP contribution in [0.15, 0.2) is 59.1 Å². The van der Waals surface area contributed by atoms with Gasteiger partial charge in [-0.3, -0.25) is 4.79 Å². The minimum atomic E-state index is -1.03. The van der Waals surface area contributed by atoms with Crippen LogP contribution in [-0.4, -0.2) is 50.0 Å². The van der Waals surface area contributed by atoms with E-state index in [1.54, 1.807) is 59.2 Å². The van der Waals surface area contributed by atoms with Gasteiger partial charge in [0.1, 0.15) is 11.0 Å². The summed E-state index contributed by atoms with van der Waals surface area (Å²) in [5.74, 6) is -0.780. The first-order valence-corrected chi connectivity index (χ1v) is 14.0. The summed E-state index contributed by atoms with van der Waals surface area (Å²) >= 11 is 4.66. The number of thiophene rings is 1. The van der Waals surface area contributed by atoms with Crippen molar-refractivity contribution in [1.29, 1.82) is 0 Å². The number of rotatable bonds is 11. The number of hydrogen-bond acceptors (Lipinski definition) is 7. The number of benzene rings is 1. The number of carbonyl (C=O) groups excluding carboxylic acids is 1. The van der Waals surface area contributed by atoms with Gasteiger partial charge in [0.25, 0.3) is 5.91 Å². The van der Waals surface area contributed by atoms with Crippen molar-refractivity contribution in [2.45, 2.75) is 18.9 Å².